The molecule has 112 valence electrons. The highest BCUT2D eigenvalue weighted by Gasteiger charge is 2.30. The lowest BCUT2D eigenvalue weighted by Crippen LogP contribution is -2.27. The minimum atomic E-state index is -0.920. The fourth-order valence-corrected chi connectivity index (χ4v) is 2.81. The maximum absolute atomic E-state index is 11.9. The molecule has 0 amide bonds. The quantitative estimate of drug-likeness (QED) is 0.657. The molecule has 0 radical (unpaired) electrons. The number of thioether (sulfide) groups is 1. The summed E-state index contributed by atoms with van der Waals surface area (Å²) in [5.74, 6) is -0.196. The fourth-order valence-electron chi connectivity index (χ4n) is 2.35. The summed E-state index contributed by atoms with van der Waals surface area (Å²) in [6.45, 7) is 1.71. The summed E-state index contributed by atoms with van der Waals surface area (Å²) in [4.78, 5) is 11.6. The van der Waals surface area contributed by atoms with Gasteiger partial charge in [-0.1, -0.05) is 30.3 Å². The molecular formula is C15H18N2O3S. The minimum absolute atomic E-state index is 0.477. The van der Waals surface area contributed by atoms with Crippen molar-refractivity contribution >= 4 is 17.7 Å². The smallest absolute Gasteiger partial charge is 0.349 e. The van der Waals surface area contributed by atoms with Crippen molar-refractivity contribution in [2.75, 3.05) is 12.0 Å². The van der Waals surface area contributed by atoms with Crippen LogP contribution in [0.1, 0.15) is 18.2 Å². The zero-order valence-corrected chi connectivity index (χ0v) is 12.8. The van der Waals surface area contributed by atoms with Crippen LogP contribution in [-0.4, -0.2) is 27.7 Å². The number of nitrogens with zero attached hydrogens (tertiary/aromatic N) is 2. The van der Waals surface area contributed by atoms with E-state index in [0.717, 1.165) is 16.0 Å². The second-order valence-electron chi connectivity index (χ2n) is 4.78. The monoisotopic (exact) mass is 306 g/mol. The summed E-state index contributed by atoms with van der Waals surface area (Å²) in [6, 6.07) is 8.66. The number of hydrogen-bond acceptors (Lipinski definition) is 3. The van der Waals surface area contributed by atoms with Gasteiger partial charge in [-0.2, -0.15) is 11.8 Å². The van der Waals surface area contributed by atoms with Crippen molar-refractivity contribution in [2.24, 2.45) is 0 Å². The molecule has 0 aliphatic heterocycles. The Morgan fingerprint density at radius 2 is 2.10 bits per heavy atom. The Labute approximate surface area is 127 Å². The number of carboxylic acids is 1. The third-order valence-corrected chi connectivity index (χ3v) is 4.07. The number of imidazole rings is 1. The van der Waals surface area contributed by atoms with E-state index in [9.17, 15) is 15.1 Å². The maximum Gasteiger partial charge on any atom is 0.349 e. The Hall–Kier alpha value is -1.95. The number of hydrogen-bond donors (Lipinski definition) is 1. The van der Waals surface area contributed by atoms with Gasteiger partial charge in [0.05, 0.1) is 0 Å². The van der Waals surface area contributed by atoms with Crippen molar-refractivity contribution in [3.05, 3.63) is 47.6 Å². The minimum Gasteiger partial charge on any atom is -0.711 e. The number of carboxylic acid groups (broad SMARTS) is 1. The van der Waals surface area contributed by atoms with Crippen molar-refractivity contribution in [1.82, 2.24) is 4.57 Å². The van der Waals surface area contributed by atoms with Gasteiger partial charge in [-0.25, -0.2) is 14.1 Å². The van der Waals surface area contributed by atoms with Crippen LogP contribution in [0.5, 0.6) is 0 Å². The van der Waals surface area contributed by atoms with Crippen LogP contribution in [0.15, 0.2) is 36.7 Å². The van der Waals surface area contributed by atoms with Crippen molar-refractivity contribution in [3.63, 3.8) is 0 Å². The first-order valence-corrected chi connectivity index (χ1v) is 8.03. The van der Waals surface area contributed by atoms with Gasteiger partial charge < -0.3 is 10.3 Å². The van der Waals surface area contributed by atoms with E-state index in [1.54, 1.807) is 23.3 Å². The number of aliphatic carboxylic acids is 1. The first kappa shape index (κ1) is 15.4. The van der Waals surface area contributed by atoms with E-state index in [4.69, 9.17) is 0 Å². The molecular weight excluding hydrogens is 288 g/mol. The van der Waals surface area contributed by atoms with Gasteiger partial charge in [0.1, 0.15) is 0 Å². The molecule has 0 bridgehead atoms. The molecule has 0 aliphatic carbocycles. The lowest BCUT2D eigenvalue weighted by molar-refractivity contribution is -0.611. The summed E-state index contributed by atoms with van der Waals surface area (Å²) >= 11 is 1.59. The number of carbonyl (C=O) groups is 1. The third kappa shape index (κ3) is 3.21. The molecule has 0 saturated carbocycles. The molecule has 1 unspecified atom stereocenters. The number of aromatic nitrogens is 2. The number of benzene rings is 1. The average molecular weight is 306 g/mol. The predicted octanol–water partition coefficient (Wildman–Crippen LogP) is 2.48. The Morgan fingerprint density at radius 3 is 2.67 bits per heavy atom. The van der Waals surface area contributed by atoms with Gasteiger partial charge in [0.25, 0.3) is 0 Å². The van der Waals surface area contributed by atoms with Crippen LogP contribution in [0, 0.1) is 12.1 Å². The van der Waals surface area contributed by atoms with Gasteiger partial charge in [0.15, 0.2) is 17.4 Å². The molecule has 0 spiro atoms. The topological polar surface area (TPSA) is 69.2 Å². The number of rotatable bonds is 6. The van der Waals surface area contributed by atoms with Crippen LogP contribution in [0.25, 0.3) is 11.3 Å². The van der Waals surface area contributed by atoms with Gasteiger partial charge in [-0.15, -0.1) is 0 Å². The molecule has 1 N–H and O–H groups in total. The molecule has 2 rings (SSSR count). The van der Waals surface area contributed by atoms with E-state index in [-0.39, 0.29) is 0 Å². The van der Waals surface area contributed by atoms with E-state index in [1.165, 1.54) is 6.33 Å². The van der Waals surface area contributed by atoms with E-state index in [1.807, 2.05) is 36.6 Å². The maximum atomic E-state index is 11.9. The van der Waals surface area contributed by atoms with Crippen molar-refractivity contribution < 1.29 is 14.6 Å². The molecule has 0 aliphatic rings. The Bertz CT molecular complexity index is 625. The van der Waals surface area contributed by atoms with Gasteiger partial charge in [-0.3, -0.25) is 0 Å². The van der Waals surface area contributed by atoms with E-state index in [2.05, 4.69) is 0 Å². The lowest BCUT2D eigenvalue weighted by Gasteiger charge is -2.11. The summed E-state index contributed by atoms with van der Waals surface area (Å²) in [6.07, 6.45) is 3.74. The average Bonchev–Trinajstić information content (AvgIpc) is 2.76. The van der Waals surface area contributed by atoms with Gasteiger partial charge >= 0.3 is 5.97 Å². The SMILES string of the molecule is CSCCC(C(=O)O)n1c[n+]([O-])c(C)c1-c1ccccc1. The van der Waals surface area contributed by atoms with E-state index in [0.29, 0.717) is 17.8 Å². The van der Waals surface area contributed by atoms with Crippen LogP contribution in [0.2, 0.25) is 0 Å². The van der Waals surface area contributed by atoms with Crippen LogP contribution in [0.4, 0.5) is 0 Å². The molecule has 2 aromatic rings. The molecule has 5 nitrogen and oxygen atoms in total. The zero-order chi connectivity index (χ0) is 15.4. The Morgan fingerprint density at radius 1 is 1.43 bits per heavy atom. The second-order valence-corrected chi connectivity index (χ2v) is 5.77. The van der Waals surface area contributed by atoms with Crippen LogP contribution >= 0.6 is 11.8 Å². The first-order valence-electron chi connectivity index (χ1n) is 6.64. The van der Waals surface area contributed by atoms with Crippen molar-refractivity contribution in [1.29, 1.82) is 0 Å². The molecule has 0 saturated heterocycles. The van der Waals surface area contributed by atoms with E-state index >= 15 is 0 Å². The van der Waals surface area contributed by atoms with Crippen LogP contribution < -0.4 is 4.73 Å². The molecule has 0 fully saturated rings. The normalized spacial score (nSPS) is 12.3. The molecule has 6 heteroatoms. The molecule has 21 heavy (non-hydrogen) atoms. The Kier molecular flexibility index (Phi) is 4.90. The van der Waals surface area contributed by atoms with Crippen molar-refractivity contribution in [2.45, 2.75) is 19.4 Å². The highest BCUT2D eigenvalue weighted by atomic mass is 32.2. The standard InChI is InChI=1S/C15H18N2O3S/c1-11-14(12-6-4-3-5-7-12)16(10-17(11)20)13(15(18)19)8-9-21-2/h3-7,10,13H,8-9H2,1-2H3,(H,18,19). The fraction of sp³-hybridized carbons (Fsp3) is 0.333. The molecule has 1 aromatic carbocycles. The predicted molar refractivity (Wildman–Crippen MR) is 83.2 cm³/mol. The van der Waals surface area contributed by atoms with Gasteiger partial charge in [-0.05, 0) is 12.0 Å². The molecule has 1 heterocycles. The Balaban J connectivity index is 2.53. The summed E-state index contributed by atoms with van der Waals surface area (Å²) in [5, 5.41) is 21.4. The van der Waals surface area contributed by atoms with E-state index < -0.39 is 12.0 Å². The van der Waals surface area contributed by atoms with Gasteiger partial charge in [0.2, 0.25) is 6.33 Å². The summed E-state index contributed by atoms with van der Waals surface area (Å²) < 4.78 is 2.31. The second kappa shape index (κ2) is 6.67. The highest BCUT2D eigenvalue weighted by Crippen LogP contribution is 2.27. The van der Waals surface area contributed by atoms with Crippen LogP contribution in [-0.2, 0) is 4.79 Å². The highest BCUT2D eigenvalue weighted by molar-refractivity contribution is 7.98. The third-order valence-electron chi connectivity index (χ3n) is 3.42. The van der Waals surface area contributed by atoms with Crippen molar-refractivity contribution in [3.8, 4) is 11.3 Å². The van der Waals surface area contributed by atoms with Gasteiger partial charge in [0, 0.05) is 18.9 Å². The molecule has 1 aromatic heterocycles. The summed E-state index contributed by atoms with van der Waals surface area (Å²) in [5.41, 5.74) is 2.02. The summed E-state index contributed by atoms with van der Waals surface area (Å²) in [7, 11) is 0. The zero-order valence-electron chi connectivity index (χ0n) is 12.0. The first-order chi connectivity index (χ1) is 10.1. The van der Waals surface area contributed by atoms with Crippen LogP contribution in [0.3, 0.4) is 0 Å². The molecule has 1 atom stereocenters. The largest absolute Gasteiger partial charge is 0.711 e. The lowest BCUT2D eigenvalue weighted by atomic mass is 10.1.